The average Bonchev–Trinajstić information content (AvgIpc) is 2.33. The molecular formula is C11H18N2O5. The number of amides is 2. The van der Waals surface area contributed by atoms with Crippen molar-refractivity contribution in [3.63, 3.8) is 0 Å². The molecule has 7 heteroatoms. The third-order valence-electron chi connectivity index (χ3n) is 3.38. The molecule has 0 aromatic heterocycles. The summed E-state index contributed by atoms with van der Waals surface area (Å²) in [5.41, 5.74) is 0. The van der Waals surface area contributed by atoms with Gasteiger partial charge in [-0.3, -0.25) is 0 Å². The van der Waals surface area contributed by atoms with Gasteiger partial charge in [-0.15, -0.1) is 0 Å². The number of hydrogen-bond acceptors (Lipinski definition) is 4. The van der Waals surface area contributed by atoms with Crippen LogP contribution in [0.2, 0.25) is 0 Å². The molecule has 7 nitrogen and oxygen atoms in total. The summed E-state index contributed by atoms with van der Waals surface area (Å²) in [6, 6.07) is -0.0855. The zero-order valence-electron chi connectivity index (χ0n) is 10.3. The lowest BCUT2D eigenvalue weighted by Crippen LogP contribution is -2.56. The van der Waals surface area contributed by atoms with Gasteiger partial charge in [0.1, 0.15) is 0 Å². The number of hydrogen-bond donors (Lipinski definition) is 2. The Morgan fingerprint density at radius 1 is 1.44 bits per heavy atom. The zero-order valence-corrected chi connectivity index (χ0v) is 10.3. The molecule has 0 radical (unpaired) electrons. The minimum Gasteiger partial charge on any atom is -0.479 e. The molecule has 2 rings (SSSR count). The summed E-state index contributed by atoms with van der Waals surface area (Å²) in [6.07, 6.45) is 0.938. The Kier molecular flexibility index (Phi) is 4.03. The van der Waals surface area contributed by atoms with Gasteiger partial charge in [-0.2, -0.15) is 0 Å². The van der Waals surface area contributed by atoms with E-state index in [-0.39, 0.29) is 31.3 Å². The minimum atomic E-state index is -1.03. The fourth-order valence-corrected chi connectivity index (χ4v) is 2.13. The van der Waals surface area contributed by atoms with E-state index in [1.165, 1.54) is 4.90 Å². The number of nitrogens with zero attached hydrogens (tertiary/aromatic N) is 1. The molecule has 2 N–H and O–H groups in total. The van der Waals surface area contributed by atoms with Crippen LogP contribution in [0.4, 0.5) is 4.79 Å². The van der Waals surface area contributed by atoms with Crippen molar-refractivity contribution in [2.45, 2.75) is 31.1 Å². The summed E-state index contributed by atoms with van der Waals surface area (Å²) < 4.78 is 10.2. The monoisotopic (exact) mass is 258 g/mol. The number of rotatable bonds is 3. The summed E-state index contributed by atoms with van der Waals surface area (Å²) in [7, 11) is 1.65. The average molecular weight is 258 g/mol. The van der Waals surface area contributed by atoms with Crippen LogP contribution >= 0.6 is 0 Å². The predicted octanol–water partition coefficient (Wildman–Crippen LogP) is -0.341. The van der Waals surface area contributed by atoms with Gasteiger partial charge in [-0.25, -0.2) is 9.59 Å². The number of ether oxygens (including phenoxy) is 2. The smallest absolute Gasteiger partial charge is 0.334 e. The Morgan fingerprint density at radius 2 is 2.17 bits per heavy atom. The fourth-order valence-electron chi connectivity index (χ4n) is 2.13. The molecule has 18 heavy (non-hydrogen) atoms. The molecule has 1 aliphatic carbocycles. The summed E-state index contributed by atoms with van der Waals surface area (Å²) in [6.45, 7) is 0.785. The van der Waals surface area contributed by atoms with Gasteiger partial charge < -0.3 is 24.8 Å². The Morgan fingerprint density at radius 3 is 2.78 bits per heavy atom. The number of carbonyl (C=O) groups excluding carboxylic acids is 1. The van der Waals surface area contributed by atoms with Gasteiger partial charge in [-0.05, 0) is 12.8 Å². The molecule has 102 valence electrons. The molecule has 0 bridgehead atoms. The maximum Gasteiger partial charge on any atom is 0.334 e. The van der Waals surface area contributed by atoms with E-state index in [0.29, 0.717) is 6.54 Å². The highest BCUT2D eigenvalue weighted by atomic mass is 16.5. The molecule has 1 heterocycles. The Labute approximate surface area is 105 Å². The van der Waals surface area contributed by atoms with E-state index in [1.807, 2.05) is 0 Å². The highest BCUT2D eigenvalue weighted by molar-refractivity contribution is 5.77. The second-order valence-corrected chi connectivity index (χ2v) is 4.62. The number of morpholine rings is 1. The highest BCUT2D eigenvalue weighted by Gasteiger charge is 2.33. The van der Waals surface area contributed by atoms with E-state index < -0.39 is 12.1 Å². The number of carbonyl (C=O) groups is 2. The molecule has 1 unspecified atom stereocenters. The lowest BCUT2D eigenvalue weighted by molar-refractivity contribution is -0.154. The molecule has 1 atom stereocenters. The number of methoxy groups -OCH3 is 1. The van der Waals surface area contributed by atoms with E-state index in [9.17, 15) is 9.59 Å². The molecule has 2 fully saturated rings. The van der Waals surface area contributed by atoms with Gasteiger partial charge >= 0.3 is 12.0 Å². The molecular weight excluding hydrogens is 240 g/mol. The van der Waals surface area contributed by atoms with Crippen LogP contribution in [0.15, 0.2) is 0 Å². The number of nitrogens with one attached hydrogen (secondary N) is 1. The summed E-state index contributed by atoms with van der Waals surface area (Å²) in [4.78, 5) is 24.2. The van der Waals surface area contributed by atoms with Crippen molar-refractivity contribution in [3.05, 3.63) is 0 Å². The number of aliphatic carboxylic acids is 1. The van der Waals surface area contributed by atoms with Gasteiger partial charge in [0.25, 0.3) is 0 Å². The standard InChI is InChI=1S/C11H18N2O5/c1-17-8-4-7(5-8)12-11(16)13-2-3-18-9(6-13)10(14)15/h7-9H,2-6H2,1H3,(H,12,16)(H,14,15). The van der Waals surface area contributed by atoms with E-state index in [1.54, 1.807) is 7.11 Å². The topological polar surface area (TPSA) is 88.1 Å². The van der Waals surface area contributed by atoms with Gasteiger partial charge in [0.05, 0.1) is 19.3 Å². The van der Waals surface area contributed by atoms with Crippen LogP contribution in [0, 0.1) is 0 Å². The van der Waals surface area contributed by atoms with Crippen LogP contribution in [0.3, 0.4) is 0 Å². The largest absolute Gasteiger partial charge is 0.479 e. The first-order chi connectivity index (χ1) is 8.60. The Balaban J connectivity index is 1.77. The maximum atomic E-state index is 11.9. The SMILES string of the molecule is COC1CC(NC(=O)N2CCOC(C(=O)O)C2)C1. The molecule has 2 amide bonds. The van der Waals surface area contributed by atoms with E-state index >= 15 is 0 Å². The molecule has 1 saturated carbocycles. The quantitative estimate of drug-likeness (QED) is 0.723. The number of carboxylic acids is 1. The van der Waals surface area contributed by atoms with Crippen LogP contribution < -0.4 is 5.32 Å². The van der Waals surface area contributed by atoms with E-state index in [2.05, 4.69) is 5.32 Å². The molecule has 2 aliphatic rings. The molecule has 0 spiro atoms. The van der Waals surface area contributed by atoms with Crippen LogP contribution in [0.1, 0.15) is 12.8 Å². The lowest BCUT2D eigenvalue weighted by atomic mass is 9.89. The highest BCUT2D eigenvalue weighted by Crippen LogP contribution is 2.22. The summed E-state index contributed by atoms with van der Waals surface area (Å²) >= 11 is 0. The second kappa shape index (κ2) is 5.53. The van der Waals surface area contributed by atoms with Crippen LogP contribution in [-0.2, 0) is 14.3 Å². The predicted molar refractivity (Wildman–Crippen MR) is 61.3 cm³/mol. The second-order valence-electron chi connectivity index (χ2n) is 4.62. The van der Waals surface area contributed by atoms with Gasteiger partial charge in [-0.1, -0.05) is 0 Å². The molecule has 0 aromatic rings. The van der Waals surface area contributed by atoms with Crippen molar-refractivity contribution in [1.29, 1.82) is 0 Å². The molecule has 0 aromatic carbocycles. The van der Waals surface area contributed by atoms with E-state index in [0.717, 1.165) is 12.8 Å². The normalized spacial score (nSPS) is 31.6. The van der Waals surface area contributed by atoms with Crippen LogP contribution in [0.5, 0.6) is 0 Å². The van der Waals surface area contributed by atoms with Crippen LogP contribution in [-0.4, -0.2) is 67.1 Å². The third kappa shape index (κ3) is 2.91. The lowest BCUT2D eigenvalue weighted by Gasteiger charge is -2.37. The van der Waals surface area contributed by atoms with Crippen LogP contribution in [0.25, 0.3) is 0 Å². The van der Waals surface area contributed by atoms with Crippen molar-refractivity contribution in [1.82, 2.24) is 10.2 Å². The van der Waals surface area contributed by atoms with Gasteiger partial charge in [0.2, 0.25) is 0 Å². The summed E-state index contributed by atoms with van der Waals surface area (Å²) in [5, 5.41) is 11.7. The van der Waals surface area contributed by atoms with Crippen molar-refractivity contribution in [2.24, 2.45) is 0 Å². The van der Waals surface area contributed by atoms with Crippen molar-refractivity contribution in [3.8, 4) is 0 Å². The van der Waals surface area contributed by atoms with Crippen molar-refractivity contribution in [2.75, 3.05) is 26.8 Å². The fraction of sp³-hybridized carbons (Fsp3) is 0.818. The van der Waals surface area contributed by atoms with Crippen molar-refractivity contribution < 1.29 is 24.2 Å². The Bertz CT molecular complexity index is 329. The summed E-state index contributed by atoms with van der Waals surface area (Å²) in [5.74, 6) is -1.03. The first kappa shape index (κ1) is 13.1. The molecule has 1 saturated heterocycles. The zero-order chi connectivity index (χ0) is 13.1. The Hall–Kier alpha value is -1.34. The maximum absolute atomic E-state index is 11.9. The van der Waals surface area contributed by atoms with Gasteiger partial charge in [0.15, 0.2) is 6.10 Å². The van der Waals surface area contributed by atoms with E-state index in [4.69, 9.17) is 14.6 Å². The minimum absolute atomic E-state index is 0.0988. The van der Waals surface area contributed by atoms with Gasteiger partial charge in [0, 0.05) is 19.7 Å². The molecule has 1 aliphatic heterocycles. The first-order valence-electron chi connectivity index (χ1n) is 6.02. The number of urea groups is 1. The third-order valence-corrected chi connectivity index (χ3v) is 3.38. The van der Waals surface area contributed by atoms with Crippen molar-refractivity contribution >= 4 is 12.0 Å². The number of carboxylic acid groups (broad SMARTS) is 1. The first-order valence-corrected chi connectivity index (χ1v) is 6.02.